The molecule has 1 N–H and O–H groups in total. The van der Waals surface area contributed by atoms with Crippen LogP contribution < -0.4 is 10.1 Å². The summed E-state index contributed by atoms with van der Waals surface area (Å²) in [5, 5.41) is 16.0. The molecule has 0 unspecified atom stereocenters. The van der Waals surface area contributed by atoms with Gasteiger partial charge in [0.2, 0.25) is 11.1 Å². The number of nitrogens with zero attached hydrogens (tertiary/aromatic N) is 4. The van der Waals surface area contributed by atoms with Crippen LogP contribution in [0.5, 0.6) is 5.75 Å². The third-order valence-electron chi connectivity index (χ3n) is 3.97. The first kappa shape index (κ1) is 18.0. The van der Waals surface area contributed by atoms with Gasteiger partial charge >= 0.3 is 0 Å². The van der Waals surface area contributed by atoms with Gasteiger partial charge in [-0.25, -0.2) is 4.68 Å². The number of halogens is 1. The Kier molecular flexibility index (Phi) is 6.52. The van der Waals surface area contributed by atoms with Gasteiger partial charge in [-0.05, 0) is 47.5 Å². The lowest BCUT2D eigenvalue weighted by molar-refractivity contribution is -0.118. The van der Waals surface area contributed by atoms with Crippen LogP contribution in [0.1, 0.15) is 31.7 Å². The first-order valence-corrected chi connectivity index (χ1v) is 9.64. The number of hydrogen-bond donors (Lipinski definition) is 1. The fourth-order valence-electron chi connectivity index (χ4n) is 2.73. The topological polar surface area (TPSA) is 81.9 Å². The summed E-state index contributed by atoms with van der Waals surface area (Å²) in [6, 6.07) is 7.49. The number of carbonyl (C=O) groups is 1. The molecule has 3 rings (SSSR count). The molecule has 0 radical (unpaired) electrons. The number of hydrogen-bond acceptors (Lipinski definition) is 6. The number of nitrogens with one attached hydrogen (secondary N) is 1. The lowest BCUT2D eigenvalue weighted by atomic mass is 10.3. The third-order valence-corrected chi connectivity index (χ3v) is 5.16. The van der Waals surface area contributed by atoms with E-state index >= 15 is 0 Å². The van der Waals surface area contributed by atoms with Crippen LogP contribution in [0.25, 0.3) is 0 Å². The number of benzene rings is 1. The van der Waals surface area contributed by atoms with Crippen molar-refractivity contribution in [3.63, 3.8) is 0 Å². The largest absolute Gasteiger partial charge is 0.492 e. The zero-order valence-electron chi connectivity index (χ0n) is 13.7. The van der Waals surface area contributed by atoms with Gasteiger partial charge in [0.15, 0.2) is 0 Å². The fourth-order valence-corrected chi connectivity index (χ4v) is 3.63. The molecule has 9 heteroatoms. The Morgan fingerprint density at radius 3 is 2.84 bits per heavy atom. The minimum absolute atomic E-state index is 0.0642. The van der Waals surface area contributed by atoms with Crippen LogP contribution in [0.3, 0.4) is 0 Å². The lowest BCUT2D eigenvalue weighted by Gasteiger charge is -2.11. The summed E-state index contributed by atoms with van der Waals surface area (Å²) < 4.78 is 7.39. The third kappa shape index (κ3) is 5.34. The van der Waals surface area contributed by atoms with Crippen LogP contribution >= 0.6 is 23.4 Å². The van der Waals surface area contributed by atoms with Crippen molar-refractivity contribution in [3.8, 4) is 5.75 Å². The Labute approximate surface area is 155 Å². The molecule has 1 aliphatic rings. The molecule has 1 aromatic carbocycles. The molecule has 0 atom stereocenters. The Balaban J connectivity index is 1.36. The molecule has 1 aromatic heterocycles. The number of tetrazole rings is 1. The smallest absolute Gasteiger partial charge is 0.230 e. The van der Waals surface area contributed by atoms with Crippen molar-refractivity contribution in [1.82, 2.24) is 25.5 Å². The minimum atomic E-state index is -0.0642. The van der Waals surface area contributed by atoms with E-state index in [1.165, 1.54) is 24.6 Å². The quantitative estimate of drug-likeness (QED) is 0.559. The summed E-state index contributed by atoms with van der Waals surface area (Å²) in [5.74, 6) is 0.947. The Hall–Kier alpha value is -1.80. The SMILES string of the molecule is O=C(CSc1nnnn1C1CCCC1)NCCOc1ccc(Cl)cc1. The second-order valence-corrected chi connectivity index (χ2v) is 7.16. The molecule has 1 heterocycles. The second-order valence-electron chi connectivity index (χ2n) is 5.79. The molecule has 25 heavy (non-hydrogen) atoms. The van der Waals surface area contributed by atoms with E-state index in [2.05, 4.69) is 20.8 Å². The molecule has 7 nitrogen and oxygen atoms in total. The molecule has 0 aliphatic heterocycles. The monoisotopic (exact) mass is 381 g/mol. The van der Waals surface area contributed by atoms with Crippen LogP contribution in [0.4, 0.5) is 0 Å². The first-order valence-electron chi connectivity index (χ1n) is 8.28. The summed E-state index contributed by atoms with van der Waals surface area (Å²) in [5.41, 5.74) is 0. The molecular weight excluding hydrogens is 362 g/mol. The predicted molar refractivity (Wildman–Crippen MR) is 96.0 cm³/mol. The van der Waals surface area contributed by atoms with E-state index in [4.69, 9.17) is 16.3 Å². The molecule has 1 saturated carbocycles. The zero-order chi connectivity index (χ0) is 17.5. The summed E-state index contributed by atoms with van der Waals surface area (Å²) >= 11 is 7.18. The Morgan fingerprint density at radius 1 is 1.32 bits per heavy atom. The number of ether oxygens (including phenoxy) is 1. The highest BCUT2D eigenvalue weighted by Gasteiger charge is 2.21. The number of thioether (sulfide) groups is 1. The molecule has 0 spiro atoms. The molecular formula is C16H20ClN5O2S. The summed E-state index contributed by atoms with van der Waals surface area (Å²) in [7, 11) is 0. The van der Waals surface area contributed by atoms with Gasteiger partial charge in [0.1, 0.15) is 12.4 Å². The van der Waals surface area contributed by atoms with Crippen molar-refractivity contribution < 1.29 is 9.53 Å². The Bertz CT molecular complexity index is 688. The van der Waals surface area contributed by atoms with Crippen LogP contribution in [0.2, 0.25) is 5.02 Å². The van der Waals surface area contributed by atoms with E-state index in [9.17, 15) is 4.79 Å². The average molecular weight is 382 g/mol. The van der Waals surface area contributed by atoms with E-state index in [0.29, 0.717) is 29.4 Å². The maximum atomic E-state index is 11.9. The second kappa shape index (κ2) is 9.05. The average Bonchev–Trinajstić information content (AvgIpc) is 3.29. The number of amides is 1. The highest BCUT2D eigenvalue weighted by Crippen LogP contribution is 2.31. The van der Waals surface area contributed by atoms with Gasteiger partial charge in [-0.3, -0.25) is 4.79 Å². The van der Waals surface area contributed by atoms with E-state index < -0.39 is 0 Å². The van der Waals surface area contributed by atoms with E-state index in [1.54, 1.807) is 24.3 Å². The molecule has 1 amide bonds. The van der Waals surface area contributed by atoms with E-state index in [1.807, 2.05) is 4.68 Å². The molecule has 0 saturated heterocycles. The highest BCUT2D eigenvalue weighted by atomic mass is 35.5. The molecule has 134 valence electrons. The van der Waals surface area contributed by atoms with Crippen LogP contribution in [0.15, 0.2) is 29.4 Å². The van der Waals surface area contributed by atoms with Gasteiger partial charge in [0.25, 0.3) is 0 Å². The van der Waals surface area contributed by atoms with Crippen molar-refractivity contribution in [2.24, 2.45) is 0 Å². The van der Waals surface area contributed by atoms with Crippen molar-refractivity contribution in [2.75, 3.05) is 18.9 Å². The van der Waals surface area contributed by atoms with Gasteiger partial charge in [-0.2, -0.15) is 0 Å². The van der Waals surface area contributed by atoms with Gasteiger partial charge in [0, 0.05) is 5.02 Å². The van der Waals surface area contributed by atoms with Crippen molar-refractivity contribution >= 4 is 29.3 Å². The number of aromatic nitrogens is 4. The Morgan fingerprint density at radius 2 is 2.08 bits per heavy atom. The first-order chi connectivity index (χ1) is 12.2. The van der Waals surface area contributed by atoms with Crippen LogP contribution in [-0.2, 0) is 4.79 Å². The highest BCUT2D eigenvalue weighted by molar-refractivity contribution is 7.99. The standard InChI is InChI=1S/C16H20ClN5O2S/c17-12-5-7-14(8-6-12)24-10-9-18-15(23)11-25-16-19-20-21-22(16)13-3-1-2-4-13/h5-8,13H,1-4,9-11H2,(H,18,23). The molecule has 0 bridgehead atoms. The van der Waals surface area contributed by atoms with Gasteiger partial charge < -0.3 is 10.1 Å². The minimum Gasteiger partial charge on any atom is -0.492 e. The van der Waals surface area contributed by atoms with E-state index in [-0.39, 0.29) is 11.7 Å². The number of rotatable bonds is 8. The lowest BCUT2D eigenvalue weighted by Crippen LogP contribution is -2.29. The zero-order valence-corrected chi connectivity index (χ0v) is 15.3. The maximum absolute atomic E-state index is 11.9. The van der Waals surface area contributed by atoms with Gasteiger partial charge in [-0.1, -0.05) is 36.2 Å². The van der Waals surface area contributed by atoms with E-state index in [0.717, 1.165) is 18.6 Å². The van der Waals surface area contributed by atoms with Gasteiger partial charge in [-0.15, -0.1) is 5.10 Å². The molecule has 1 aliphatic carbocycles. The fraction of sp³-hybridized carbons (Fsp3) is 0.500. The van der Waals surface area contributed by atoms with Crippen molar-refractivity contribution in [2.45, 2.75) is 36.9 Å². The summed E-state index contributed by atoms with van der Waals surface area (Å²) in [6.45, 7) is 0.841. The summed E-state index contributed by atoms with van der Waals surface area (Å²) in [6.07, 6.45) is 4.63. The summed E-state index contributed by atoms with van der Waals surface area (Å²) in [4.78, 5) is 11.9. The van der Waals surface area contributed by atoms with Crippen LogP contribution in [-0.4, -0.2) is 45.0 Å². The van der Waals surface area contributed by atoms with Crippen molar-refractivity contribution in [1.29, 1.82) is 0 Å². The number of carbonyl (C=O) groups excluding carboxylic acids is 1. The van der Waals surface area contributed by atoms with Gasteiger partial charge in [0.05, 0.1) is 18.3 Å². The molecule has 2 aromatic rings. The van der Waals surface area contributed by atoms with Crippen LogP contribution in [0, 0.1) is 0 Å². The predicted octanol–water partition coefficient (Wildman–Crippen LogP) is 2.73. The normalized spacial score (nSPS) is 14.6. The maximum Gasteiger partial charge on any atom is 0.230 e. The molecule has 1 fully saturated rings. The van der Waals surface area contributed by atoms with Crippen molar-refractivity contribution in [3.05, 3.63) is 29.3 Å².